The SMILES string of the molecule is Brc1cccc(-c2cc(-c3ccc4c(c3)OCO4)[nH]n2)c1.Brc1cccc(-c2cc(-c3ccc4c(c3)OCO4)[nH]n2)c1.Brc1cccc(-c2cc(-c3ccc4c(c3)OCO4)[nH]n2)c1.CC(=O)COCCOCC(C)=O.O=C(Cl)COCCOCC(=O)Cl. The number of rotatable bonds is 20. The van der Waals surface area contributed by atoms with Crippen LogP contribution in [0.5, 0.6) is 34.5 Å². The van der Waals surface area contributed by atoms with Crippen molar-refractivity contribution in [3.63, 3.8) is 0 Å². The Kier molecular flexibility index (Phi) is 25.1. The van der Waals surface area contributed by atoms with Crippen molar-refractivity contribution in [2.45, 2.75) is 13.8 Å². The van der Waals surface area contributed by atoms with E-state index in [9.17, 15) is 19.2 Å². The van der Waals surface area contributed by atoms with E-state index < -0.39 is 10.5 Å². The third-order valence-corrected chi connectivity index (χ3v) is 13.6. The Morgan fingerprint density at radius 3 is 0.954 bits per heavy atom. The second-order valence-electron chi connectivity index (χ2n) is 18.6. The Bertz CT molecular complexity index is 3390. The molecule has 3 aromatic heterocycles. The third kappa shape index (κ3) is 20.7. The van der Waals surface area contributed by atoms with E-state index in [4.69, 9.17) is 70.6 Å². The maximum absolute atomic E-state index is 10.4. The Labute approximate surface area is 534 Å². The van der Waals surface area contributed by atoms with Gasteiger partial charge in [-0.05, 0) is 146 Å². The summed E-state index contributed by atoms with van der Waals surface area (Å²) in [5, 5.41) is 21.2. The monoisotopic (exact) mass is 1410 g/mol. The quantitative estimate of drug-likeness (QED) is 0.0474. The van der Waals surface area contributed by atoms with Gasteiger partial charge in [0.1, 0.15) is 26.4 Å². The number of ether oxygens (including phenoxy) is 10. The van der Waals surface area contributed by atoms with Crippen LogP contribution >= 0.6 is 71.0 Å². The molecule has 6 heterocycles. The summed E-state index contributed by atoms with van der Waals surface area (Å²) >= 11 is 20.4. The molecule has 6 aromatic carbocycles. The molecule has 0 saturated carbocycles. The second kappa shape index (κ2) is 33.4. The Morgan fingerprint density at radius 1 is 0.391 bits per heavy atom. The lowest BCUT2D eigenvalue weighted by molar-refractivity contribution is -0.124. The number of hydrogen-bond acceptors (Lipinski definition) is 17. The normalized spacial score (nSPS) is 11.9. The van der Waals surface area contributed by atoms with Crippen LogP contribution in [0.2, 0.25) is 0 Å². The highest BCUT2D eigenvalue weighted by atomic mass is 79.9. The molecule has 0 spiro atoms. The zero-order chi connectivity index (χ0) is 61.5. The van der Waals surface area contributed by atoms with Gasteiger partial charge in [-0.3, -0.25) is 34.5 Å². The minimum atomic E-state index is -0.566. The first-order chi connectivity index (χ1) is 42.1. The predicted octanol–water partition coefficient (Wildman–Crippen LogP) is 13.5. The van der Waals surface area contributed by atoms with E-state index in [1.54, 1.807) is 0 Å². The summed E-state index contributed by atoms with van der Waals surface area (Å²) in [5.74, 6) is 4.63. The summed E-state index contributed by atoms with van der Waals surface area (Å²) in [5.41, 5.74) is 11.8. The lowest BCUT2D eigenvalue weighted by Gasteiger charge is -2.01. The molecule has 12 rings (SSSR count). The molecule has 9 aromatic rings. The van der Waals surface area contributed by atoms with Crippen LogP contribution in [0.15, 0.2) is 159 Å². The molecule has 452 valence electrons. The number of ketones is 2. The largest absolute Gasteiger partial charge is 0.454 e. The van der Waals surface area contributed by atoms with Crippen molar-refractivity contribution in [3.8, 4) is 102 Å². The molecule has 0 radical (unpaired) electrons. The molecule has 3 N–H and O–H groups in total. The average Bonchev–Trinajstić information content (AvgIpc) is 2.83. The van der Waals surface area contributed by atoms with Gasteiger partial charge in [0.25, 0.3) is 0 Å². The van der Waals surface area contributed by atoms with Crippen LogP contribution in [0.4, 0.5) is 0 Å². The van der Waals surface area contributed by atoms with E-state index in [0.717, 1.165) is 115 Å². The molecule has 87 heavy (non-hydrogen) atoms. The smallest absolute Gasteiger partial charge is 0.247 e. The number of H-pyrrole nitrogens is 3. The molecule has 0 fully saturated rings. The van der Waals surface area contributed by atoms with E-state index >= 15 is 0 Å². The van der Waals surface area contributed by atoms with Crippen LogP contribution in [0.1, 0.15) is 13.8 Å². The number of carbonyl (C=O) groups is 4. The van der Waals surface area contributed by atoms with E-state index in [2.05, 4.69) is 78.4 Å². The summed E-state index contributed by atoms with van der Waals surface area (Å²) in [6.45, 7) is 4.81. The van der Waals surface area contributed by atoms with Crippen LogP contribution in [-0.4, -0.2) is 126 Å². The van der Waals surface area contributed by atoms with Crippen molar-refractivity contribution in [1.82, 2.24) is 30.6 Å². The van der Waals surface area contributed by atoms with Crippen LogP contribution in [-0.2, 0) is 38.1 Å². The molecular weight excluding hydrogens is 1360 g/mol. The van der Waals surface area contributed by atoms with Gasteiger partial charge in [0, 0.05) is 46.8 Å². The minimum absolute atomic E-state index is 0.0124. The third-order valence-electron chi connectivity index (χ3n) is 11.9. The molecule has 20 nitrogen and oxygen atoms in total. The lowest BCUT2D eigenvalue weighted by Crippen LogP contribution is -2.12. The van der Waals surface area contributed by atoms with Gasteiger partial charge in [-0.15, -0.1) is 0 Å². The number of aromatic amines is 3. The van der Waals surface area contributed by atoms with E-state index in [1.165, 1.54) is 13.8 Å². The maximum atomic E-state index is 10.4. The molecule has 0 bridgehead atoms. The molecule has 3 aliphatic heterocycles. The highest BCUT2D eigenvalue weighted by Gasteiger charge is 2.18. The van der Waals surface area contributed by atoms with Gasteiger partial charge in [-0.2, -0.15) is 15.3 Å². The molecule has 0 unspecified atom stereocenters. The molecular formula is C62H55Br3Cl2N6O14. The average molecular weight is 1420 g/mol. The lowest BCUT2D eigenvalue weighted by atomic mass is 10.1. The Hall–Kier alpha value is -7.71. The van der Waals surface area contributed by atoms with Crippen LogP contribution in [0, 0.1) is 0 Å². The van der Waals surface area contributed by atoms with Gasteiger partial charge >= 0.3 is 0 Å². The van der Waals surface area contributed by atoms with Gasteiger partial charge in [-0.25, -0.2) is 0 Å². The molecule has 0 aliphatic carbocycles. The first-order valence-electron chi connectivity index (χ1n) is 26.4. The van der Waals surface area contributed by atoms with Gasteiger partial charge in [0.15, 0.2) is 46.1 Å². The zero-order valence-electron chi connectivity index (χ0n) is 46.6. The van der Waals surface area contributed by atoms with Crippen LogP contribution in [0.25, 0.3) is 67.5 Å². The van der Waals surface area contributed by atoms with Crippen LogP contribution < -0.4 is 28.4 Å². The number of carbonyl (C=O) groups excluding carboxylic acids is 4. The molecule has 0 amide bonds. The molecule has 3 aliphatic rings. The highest BCUT2D eigenvalue weighted by Crippen LogP contribution is 2.39. The summed E-state index contributed by atoms with van der Waals surface area (Å²) in [4.78, 5) is 40.9. The standard InChI is InChI=1S/3C16H11BrN2O2.C8H14O4.C6H8Cl2O4/c3*17-12-3-1-2-10(6-12)13-8-14(19-18-13)11-4-5-15-16(7-11)21-9-20-15;1-7(9)5-11-3-4-12-6-8(2)10;7-5(9)3-11-1-2-12-4-6(8)10/h3*1-8H,9H2,(H,18,19);3-6H2,1-2H3;1-4H2. The first-order valence-corrected chi connectivity index (χ1v) is 29.6. The summed E-state index contributed by atoms with van der Waals surface area (Å²) in [6, 6.07) is 47.9. The molecule has 25 heteroatoms. The van der Waals surface area contributed by atoms with Gasteiger partial charge in [0.05, 0.1) is 60.6 Å². The number of Topliss-reactive ketones (excluding diaryl/α,β-unsaturated/α-hetero) is 2. The number of halogens is 5. The van der Waals surface area contributed by atoms with Gasteiger partial charge in [0.2, 0.25) is 30.9 Å². The fraction of sp³-hybridized carbons (Fsp3) is 0.210. The van der Waals surface area contributed by atoms with Crippen molar-refractivity contribution in [1.29, 1.82) is 0 Å². The maximum Gasteiger partial charge on any atom is 0.247 e. The summed E-state index contributed by atoms with van der Waals surface area (Å²) < 4.78 is 54.5. The number of hydrogen-bond donors (Lipinski definition) is 3. The van der Waals surface area contributed by atoms with Crippen molar-refractivity contribution in [2.75, 3.05) is 73.2 Å². The number of fused-ring (bicyclic) bond motifs is 3. The van der Waals surface area contributed by atoms with Gasteiger partial charge < -0.3 is 47.4 Å². The molecule has 0 saturated heterocycles. The van der Waals surface area contributed by atoms with Crippen molar-refractivity contribution in [3.05, 3.63) is 159 Å². The van der Waals surface area contributed by atoms with Crippen molar-refractivity contribution < 1.29 is 66.5 Å². The molecule has 0 atom stereocenters. The Morgan fingerprint density at radius 2 is 0.678 bits per heavy atom. The fourth-order valence-corrected chi connectivity index (χ4v) is 9.31. The fourth-order valence-electron chi connectivity index (χ4n) is 7.96. The van der Waals surface area contributed by atoms with Gasteiger partial charge in [-0.1, -0.05) is 84.2 Å². The van der Waals surface area contributed by atoms with E-state index in [-0.39, 0.29) is 71.6 Å². The number of benzene rings is 6. The summed E-state index contributed by atoms with van der Waals surface area (Å²) in [7, 11) is 0. The number of nitrogens with zero attached hydrogens (tertiary/aromatic N) is 3. The van der Waals surface area contributed by atoms with E-state index in [1.807, 2.05) is 146 Å². The summed E-state index contributed by atoms with van der Waals surface area (Å²) in [6.07, 6.45) is 0. The second-order valence-corrected chi connectivity index (χ2v) is 22.2. The number of aromatic nitrogens is 6. The van der Waals surface area contributed by atoms with E-state index in [0.29, 0.717) is 13.2 Å². The zero-order valence-corrected chi connectivity index (χ0v) is 52.9. The minimum Gasteiger partial charge on any atom is -0.454 e. The van der Waals surface area contributed by atoms with Crippen LogP contribution in [0.3, 0.4) is 0 Å². The van der Waals surface area contributed by atoms with Crippen molar-refractivity contribution >= 4 is 93.0 Å². The number of nitrogens with one attached hydrogen (secondary N) is 3. The van der Waals surface area contributed by atoms with Crippen molar-refractivity contribution in [2.24, 2.45) is 0 Å². The highest BCUT2D eigenvalue weighted by molar-refractivity contribution is 9.11. The Balaban J connectivity index is 0.000000145. The predicted molar refractivity (Wildman–Crippen MR) is 336 cm³/mol. The first kappa shape index (κ1) is 65.3. The topological polar surface area (TPSA) is 247 Å².